The summed E-state index contributed by atoms with van der Waals surface area (Å²) >= 11 is 1.41. The molecule has 4 nitrogen and oxygen atoms in total. The Kier molecular flexibility index (Phi) is 6.22. The Hall–Kier alpha value is -0.860. The first-order chi connectivity index (χ1) is 9.34. The van der Waals surface area contributed by atoms with Gasteiger partial charge in [-0.05, 0) is 25.3 Å². The predicted molar refractivity (Wildman–Crippen MR) is 77.1 cm³/mol. The topological polar surface area (TPSA) is 66.4 Å². The Bertz CT molecular complexity index is 533. The van der Waals surface area contributed by atoms with E-state index < -0.39 is 20.5 Å². The van der Waals surface area contributed by atoms with E-state index in [0.717, 1.165) is 6.07 Å². The average molecular weight is 325 g/mol. The Labute approximate surface area is 121 Å². The number of alkyl halides is 2. The van der Waals surface area contributed by atoms with Crippen LogP contribution in [0.4, 0.5) is 14.5 Å². The van der Waals surface area contributed by atoms with Crippen LogP contribution in [0.3, 0.4) is 0 Å². The third-order valence-corrected chi connectivity index (χ3v) is 5.45. The van der Waals surface area contributed by atoms with Gasteiger partial charge < -0.3 is 10.4 Å². The highest BCUT2D eigenvalue weighted by Gasteiger charge is 2.29. The summed E-state index contributed by atoms with van der Waals surface area (Å²) < 4.78 is 48.5. The van der Waals surface area contributed by atoms with E-state index in [-0.39, 0.29) is 23.6 Å². The van der Waals surface area contributed by atoms with Crippen molar-refractivity contribution in [3.05, 3.63) is 24.3 Å². The van der Waals surface area contributed by atoms with E-state index in [0.29, 0.717) is 0 Å². The standard InChI is InChI=1S/C12H17F2NO3S2/c1-8(10(7-16)19-2)15-9-5-3-4-6-11(9)20(17,18)12(13)14/h3-6,8,10,12,15-16H,7H2,1-2H3. The molecule has 0 fully saturated rings. The number of sulfone groups is 1. The van der Waals surface area contributed by atoms with E-state index in [4.69, 9.17) is 0 Å². The van der Waals surface area contributed by atoms with Gasteiger partial charge in [-0.25, -0.2) is 8.42 Å². The van der Waals surface area contributed by atoms with Gasteiger partial charge in [-0.1, -0.05) is 12.1 Å². The van der Waals surface area contributed by atoms with E-state index in [1.807, 2.05) is 0 Å². The largest absolute Gasteiger partial charge is 0.395 e. The van der Waals surface area contributed by atoms with E-state index in [2.05, 4.69) is 5.32 Å². The summed E-state index contributed by atoms with van der Waals surface area (Å²) in [5.41, 5.74) is 0.118. The number of aliphatic hydroxyl groups is 1. The number of rotatable bonds is 7. The van der Waals surface area contributed by atoms with Gasteiger partial charge in [0.05, 0.1) is 17.2 Å². The number of benzene rings is 1. The van der Waals surface area contributed by atoms with E-state index in [9.17, 15) is 22.3 Å². The van der Waals surface area contributed by atoms with Crippen LogP contribution in [-0.2, 0) is 9.84 Å². The molecule has 0 bridgehead atoms. The number of nitrogens with one attached hydrogen (secondary N) is 1. The fourth-order valence-corrected chi connectivity index (χ4v) is 3.22. The monoisotopic (exact) mass is 325 g/mol. The van der Waals surface area contributed by atoms with Crippen LogP contribution >= 0.6 is 11.8 Å². The minimum atomic E-state index is -4.66. The number of aliphatic hydroxyl groups excluding tert-OH is 1. The molecule has 0 amide bonds. The maximum absolute atomic E-state index is 12.6. The van der Waals surface area contributed by atoms with Crippen molar-refractivity contribution in [1.29, 1.82) is 0 Å². The van der Waals surface area contributed by atoms with Crippen LogP contribution in [0.1, 0.15) is 6.92 Å². The maximum Gasteiger partial charge on any atom is 0.341 e. The lowest BCUT2D eigenvalue weighted by Gasteiger charge is -2.23. The number of halogens is 2. The smallest absolute Gasteiger partial charge is 0.341 e. The molecule has 0 radical (unpaired) electrons. The minimum Gasteiger partial charge on any atom is -0.395 e. The summed E-state index contributed by atoms with van der Waals surface area (Å²) in [7, 11) is -4.66. The van der Waals surface area contributed by atoms with E-state index in [1.54, 1.807) is 19.2 Å². The number of para-hydroxylation sites is 1. The second kappa shape index (κ2) is 7.24. The number of hydrogen-bond acceptors (Lipinski definition) is 5. The molecule has 0 spiro atoms. The fourth-order valence-electron chi connectivity index (χ4n) is 1.70. The van der Waals surface area contributed by atoms with Gasteiger partial charge >= 0.3 is 5.76 Å². The Balaban J connectivity index is 3.09. The van der Waals surface area contributed by atoms with Gasteiger partial charge in [0.15, 0.2) is 0 Å². The molecule has 0 aromatic heterocycles. The van der Waals surface area contributed by atoms with Crippen molar-refractivity contribution in [2.45, 2.75) is 28.9 Å². The molecule has 0 aliphatic carbocycles. The third-order valence-electron chi connectivity index (χ3n) is 2.85. The lowest BCUT2D eigenvalue weighted by Crippen LogP contribution is -2.31. The second-order valence-electron chi connectivity index (χ2n) is 4.19. The summed E-state index contributed by atoms with van der Waals surface area (Å²) in [5, 5.41) is 11.9. The highest BCUT2D eigenvalue weighted by Crippen LogP contribution is 2.27. The molecule has 20 heavy (non-hydrogen) atoms. The molecule has 114 valence electrons. The van der Waals surface area contributed by atoms with Crippen LogP contribution in [-0.4, -0.2) is 43.4 Å². The molecule has 0 aliphatic rings. The molecule has 8 heteroatoms. The van der Waals surface area contributed by atoms with Gasteiger partial charge in [0, 0.05) is 11.3 Å². The van der Waals surface area contributed by atoms with Crippen LogP contribution in [0, 0.1) is 0 Å². The minimum absolute atomic E-state index is 0.0981. The molecule has 1 aromatic rings. The average Bonchev–Trinajstić information content (AvgIpc) is 2.40. The molecule has 2 unspecified atom stereocenters. The number of thioether (sulfide) groups is 1. The van der Waals surface area contributed by atoms with Crippen molar-refractivity contribution >= 4 is 27.3 Å². The van der Waals surface area contributed by atoms with E-state index >= 15 is 0 Å². The van der Waals surface area contributed by atoms with Gasteiger partial charge in [-0.3, -0.25) is 0 Å². The van der Waals surface area contributed by atoms with Crippen LogP contribution in [0.25, 0.3) is 0 Å². The molecule has 2 N–H and O–H groups in total. The third kappa shape index (κ3) is 3.83. The highest BCUT2D eigenvalue weighted by atomic mass is 32.2. The molecule has 2 atom stereocenters. The zero-order chi connectivity index (χ0) is 15.3. The maximum atomic E-state index is 12.6. The second-order valence-corrected chi connectivity index (χ2v) is 7.15. The molecule has 0 saturated heterocycles. The first-order valence-electron chi connectivity index (χ1n) is 5.85. The van der Waals surface area contributed by atoms with Crippen molar-refractivity contribution in [3.8, 4) is 0 Å². The zero-order valence-electron chi connectivity index (χ0n) is 11.1. The quantitative estimate of drug-likeness (QED) is 0.804. The first-order valence-corrected chi connectivity index (χ1v) is 8.69. The molecule has 0 heterocycles. The van der Waals surface area contributed by atoms with Gasteiger partial charge in [-0.15, -0.1) is 0 Å². The molecule has 1 rings (SSSR count). The van der Waals surface area contributed by atoms with Crippen LogP contribution < -0.4 is 5.32 Å². The Morgan fingerprint density at radius 1 is 1.35 bits per heavy atom. The van der Waals surface area contributed by atoms with Gasteiger partial charge in [0.1, 0.15) is 0 Å². The van der Waals surface area contributed by atoms with Crippen molar-refractivity contribution in [1.82, 2.24) is 0 Å². The molecule has 1 aromatic carbocycles. The normalized spacial score (nSPS) is 15.1. The van der Waals surface area contributed by atoms with Crippen molar-refractivity contribution in [2.75, 3.05) is 18.2 Å². The zero-order valence-corrected chi connectivity index (χ0v) is 12.7. The predicted octanol–water partition coefficient (Wildman–Crippen LogP) is 2.21. The molecular formula is C12H17F2NO3S2. The van der Waals surface area contributed by atoms with Crippen molar-refractivity contribution < 1.29 is 22.3 Å². The Morgan fingerprint density at radius 2 is 1.95 bits per heavy atom. The lowest BCUT2D eigenvalue weighted by atomic mass is 10.2. The number of hydrogen-bond donors (Lipinski definition) is 2. The Morgan fingerprint density at radius 3 is 2.45 bits per heavy atom. The number of anilines is 1. The van der Waals surface area contributed by atoms with Crippen molar-refractivity contribution in [2.24, 2.45) is 0 Å². The van der Waals surface area contributed by atoms with E-state index in [1.165, 1.54) is 23.9 Å². The highest BCUT2D eigenvalue weighted by molar-refractivity contribution is 7.99. The SMILES string of the molecule is CSC(CO)C(C)Nc1ccccc1S(=O)(=O)C(F)F. The van der Waals surface area contributed by atoms with Crippen LogP contribution in [0.5, 0.6) is 0 Å². The summed E-state index contributed by atoms with van der Waals surface area (Å²) in [4.78, 5) is -0.431. The summed E-state index contributed by atoms with van der Waals surface area (Å²) in [6, 6.07) is 5.25. The first kappa shape index (κ1) is 17.2. The summed E-state index contributed by atoms with van der Waals surface area (Å²) in [6.07, 6.45) is 1.81. The van der Waals surface area contributed by atoms with Gasteiger partial charge in [0.25, 0.3) is 0 Å². The van der Waals surface area contributed by atoms with Crippen LogP contribution in [0.2, 0.25) is 0 Å². The van der Waals surface area contributed by atoms with Gasteiger partial charge in [-0.2, -0.15) is 20.5 Å². The summed E-state index contributed by atoms with van der Waals surface area (Å²) in [6.45, 7) is 1.66. The lowest BCUT2D eigenvalue weighted by molar-refractivity contribution is 0.235. The summed E-state index contributed by atoms with van der Waals surface area (Å²) in [5.74, 6) is -3.46. The van der Waals surface area contributed by atoms with Gasteiger partial charge in [0.2, 0.25) is 9.84 Å². The molecule has 0 saturated carbocycles. The molecule has 0 aliphatic heterocycles. The van der Waals surface area contributed by atoms with Crippen molar-refractivity contribution in [3.63, 3.8) is 0 Å². The van der Waals surface area contributed by atoms with Crippen LogP contribution in [0.15, 0.2) is 29.2 Å². The molecular weight excluding hydrogens is 308 g/mol. The fraction of sp³-hybridized carbons (Fsp3) is 0.500.